The van der Waals surface area contributed by atoms with E-state index in [0.29, 0.717) is 25.7 Å². The van der Waals surface area contributed by atoms with Crippen LogP contribution in [0.2, 0.25) is 0 Å². The van der Waals surface area contributed by atoms with Crippen LogP contribution in [-0.2, 0) is 29.1 Å². The standard InChI is InChI=1S/C26H31N5O7S/c27-16-17-8-6-10-19(14-17)39(36,37)30-24(34)26-15-18(26)9-4-2-1-3-5-12-21(38-25(28)35)23(33)31-13-7-11-20(31)22(32)29-26/h4,6,8-10,14,18,20-21H,1-3,5,7,11-13,15H2,(H2,28,35)(H,29,32)(H,30,34)/b9-4+. The molecule has 2 aliphatic heterocycles. The van der Waals surface area contributed by atoms with Gasteiger partial charge >= 0.3 is 6.09 Å². The lowest BCUT2D eigenvalue weighted by atomic mass is 10.1. The quantitative estimate of drug-likeness (QED) is 0.460. The molecule has 208 valence electrons. The number of carbonyl (C=O) groups excluding carboxylic acids is 4. The summed E-state index contributed by atoms with van der Waals surface area (Å²) in [7, 11) is -4.33. The first-order valence-corrected chi connectivity index (χ1v) is 14.4. The van der Waals surface area contributed by atoms with Crippen molar-refractivity contribution in [3.63, 3.8) is 0 Å². The van der Waals surface area contributed by atoms with E-state index in [1.807, 2.05) is 12.1 Å². The van der Waals surface area contributed by atoms with Gasteiger partial charge in [0, 0.05) is 12.5 Å². The second-order valence-corrected chi connectivity index (χ2v) is 11.7. The molecule has 2 heterocycles. The molecule has 0 aromatic heterocycles. The van der Waals surface area contributed by atoms with Crippen LogP contribution in [0.15, 0.2) is 41.3 Å². The van der Waals surface area contributed by atoms with Crippen molar-refractivity contribution in [2.45, 2.75) is 73.9 Å². The number of nitrogens with two attached hydrogens (primary N) is 1. The Labute approximate surface area is 226 Å². The lowest BCUT2D eigenvalue weighted by Crippen LogP contribution is -2.57. The van der Waals surface area contributed by atoms with Gasteiger partial charge in [-0.1, -0.05) is 24.6 Å². The van der Waals surface area contributed by atoms with Gasteiger partial charge in [0.05, 0.1) is 16.5 Å². The number of nitrogens with zero attached hydrogens (tertiary/aromatic N) is 2. The lowest BCUT2D eigenvalue weighted by molar-refractivity contribution is -0.146. The van der Waals surface area contributed by atoms with Crippen LogP contribution in [0.1, 0.15) is 56.9 Å². The first-order chi connectivity index (χ1) is 18.6. The summed E-state index contributed by atoms with van der Waals surface area (Å²) in [5.41, 5.74) is 3.78. The number of allylic oxidation sites excluding steroid dienone is 1. The average molecular weight is 558 g/mol. The van der Waals surface area contributed by atoms with E-state index >= 15 is 0 Å². The van der Waals surface area contributed by atoms with E-state index in [4.69, 9.17) is 15.7 Å². The number of rotatable bonds is 4. The van der Waals surface area contributed by atoms with Crippen LogP contribution in [0, 0.1) is 17.2 Å². The minimum Gasteiger partial charge on any atom is -0.436 e. The van der Waals surface area contributed by atoms with Gasteiger partial charge in [0.15, 0.2) is 6.10 Å². The van der Waals surface area contributed by atoms with Crippen LogP contribution in [0.5, 0.6) is 0 Å². The van der Waals surface area contributed by atoms with E-state index in [-0.39, 0.29) is 29.8 Å². The number of nitriles is 1. The molecule has 4 atom stereocenters. The summed E-state index contributed by atoms with van der Waals surface area (Å²) in [6, 6.07) is 6.19. The van der Waals surface area contributed by atoms with Gasteiger partial charge in [-0.2, -0.15) is 5.26 Å². The second-order valence-electron chi connectivity index (χ2n) is 10.0. The summed E-state index contributed by atoms with van der Waals surface area (Å²) < 4.78 is 33.1. The Morgan fingerprint density at radius 1 is 1.18 bits per heavy atom. The number of ether oxygens (including phenoxy) is 1. The van der Waals surface area contributed by atoms with Gasteiger partial charge in [0.25, 0.3) is 21.8 Å². The van der Waals surface area contributed by atoms with Crippen LogP contribution >= 0.6 is 0 Å². The van der Waals surface area contributed by atoms with Gasteiger partial charge in [0.2, 0.25) is 5.91 Å². The highest BCUT2D eigenvalue weighted by Crippen LogP contribution is 2.45. The van der Waals surface area contributed by atoms with Crippen molar-refractivity contribution in [3.05, 3.63) is 42.0 Å². The second kappa shape index (κ2) is 11.4. The molecule has 1 aromatic rings. The third kappa shape index (κ3) is 6.22. The van der Waals surface area contributed by atoms with E-state index in [2.05, 4.69) is 10.0 Å². The zero-order chi connectivity index (χ0) is 28.2. The number of nitrogens with one attached hydrogen (secondary N) is 2. The van der Waals surface area contributed by atoms with Crippen LogP contribution in [-0.4, -0.2) is 61.4 Å². The fourth-order valence-corrected chi connectivity index (χ4v) is 6.26. The normalized spacial score (nSPS) is 28.4. The van der Waals surface area contributed by atoms with E-state index in [1.165, 1.54) is 23.1 Å². The van der Waals surface area contributed by atoms with Crippen LogP contribution in [0.3, 0.4) is 0 Å². The molecule has 4 N–H and O–H groups in total. The minimum absolute atomic E-state index is 0.113. The molecular weight excluding hydrogens is 526 g/mol. The fraction of sp³-hybridized carbons (Fsp3) is 0.500. The number of primary amides is 1. The van der Waals surface area contributed by atoms with Crippen molar-refractivity contribution in [3.8, 4) is 6.07 Å². The molecule has 3 aliphatic rings. The van der Waals surface area contributed by atoms with Gasteiger partial charge in [-0.3, -0.25) is 14.4 Å². The molecule has 39 heavy (non-hydrogen) atoms. The number of hydrogen-bond acceptors (Lipinski definition) is 8. The smallest absolute Gasteiger partial charge is 0.405 e. The molecule has 2 fully saturated rings. The van der Waals surface area contributed by atoms with E-state index in [0.717, 1.165) is 18.9 Å². The predicted octanol–water partition coefficient (Wildman–Crippen LogP) is 1.21. The van der Waals surface area contributed by atoms with Crippen molar-refractivity contribution >= 4 is 33.8 Å². The van der Waals surface area contributed by atoms with Crippen molar-refractivity contribution in [2.75, 3.05) is 6.54 Å². The third-order valence-corrected chi connectivity index (χ3v) is 8.67. The molecule has 13 heteroatoms. The molecule has 1 saturated heterocycles. The molecule has 0 radical (unpaired) electrons. The summed E-state index contributed by atoms with van der Waals surface area (Å²) in [5.74, 6) is -2.46. The SMILES string of the molecule is N#Cc1cccc(S(=O)(=O)NC(=O)C23CC2/C=C/CCCCCC(OC(N)=O)C(=O)N2CCCC2C(=O)N3)c1. The first kappa shape index (κ1) is 28.1. The van der Waals surface area contributed by atoms with Crippen molar-refractivity contribution in [2.24, 2.45) is 11.7 Å². The highest BCUT2D eigenvalue weighted by atomic mass is 32.2. The molecule has 0 bridgehead atoms. The van der Waals surface area contributed by atoms with E-state index in [9.17, 15) is 27.6 Å². The zero-order valence-corrected chi connectivity index (χ0v) is 22.1. The Balaban J connectivity index is 1.59. The topological polar surface area (TPSA) is 189 Å². The largest absolute Gasteiger partial charge is 0.436 e. The summed E-state index contributed by atoms with van der Waals surface area (Å²) >= 11 is 0. The van der Waals surface area contributed by atoms with Crippen LogP contribution in [0.25, 0.3) is 0 Å². The molecule has 4 rings (SSSR count). The maximum absolute atomic E-state index is 13.4. The van der Waals surface area contributed by atoms with Gasteiger partial charge in [-0.25, -0.2) is 17.9 Å². The van der Waals surface area contributed by atoms with Crippen LogP contribution < -0.4 is 15.8 Å². The Morgan fingerprint density at radius 3 is 2.72 bits per heavy atom. The molecule has 4 amide bonds. The highest BCUT2D eigenvalue weighted by molar-refractivity contribution is 7.90. The molecule has 4 unspecified atom stereocenters. The van der Waals surface area contributed by atoms with Gasteiger partial charge in [0.1, 0.15) is 11.6 Å². The van der Waals surface area contributed by atoms with Gasteiger partial charge in [-0.15, -0.1) is 0 Å². The molecule has 1 aromatic carbocycles. The van der Waals surface area contributed by atoms with Crippen molar-refractivity contribution in [1.29, 1.82) is 5.26 Å². The Bertz CT molecular complexity index is 1340. The predicted molar refractivity (Wildman–Crippen MR) is 137 cm³/mol. The zero-order valence-electron chi connectivity index (χ0n) is 21.3. The Hall–Kier alpha value is -3.92. The number of amides is 4. The lowest BCUT2D eigenvalue weighted by Gasteiger charge is -2.29. The number of fused-ring (bicyclic) bond motifs is 2. The summed E-state index contributed by atoms with van der Waals surface area (Å²) in [6.45, 7) is 0.266. The number of benzene rings is 1. The molecular formula is C26H31N5O7S. The highest BCUT2D eigenvalue weighted by Gasteiger charge is 2.61. The summed E-state index contributed by atoms with van der Waals surface area (Å²) in [6.07, 6.45) is 5.64. The molecule has 12 nitrogen and oxygen atoms in total. The van der Waals surface area contributed by atoms with Crippen molar-refractivity contribution < 1.29 is 32.3 Å². The summed E-state index contributed by atoms with van der Waals surface area (Å²) in [4.78, 5) is 52.7. The number of sulfonamides is 1. The van der Waals surface area contributed by atoms with Crippen LogP contribution in [0.4, 0.5) is 4.79 Å². The maximum atomic E-state index is 13.4. The Morgan fingerprint density at radius 2 is 1.97 bits per heavy atom. The minimum atomic E-state index is -4.33. The van der Waals surface area contributed by atoms with Gasteiger partial charge < -0.3 is 20.7 Å². The first-order valence-electron chi connectivity index (χ1n) is 12.9. The summed E-state index contributed by atoms with van der Waals surface area (Å²) in [5, 5.41) is 11.8. The van der Waals surface area contributed by atoms with Gasteiger partial charge in [-0.05, 0) is 63.1 Å². The maximum Gasteiger partial charge on any atom is 0.405 e. The average Bonchev–Trinajstić information content (AvgIpc) is 3.36. The van der Waals surface area contributed by atoms with E-state index < -0.39 is 57.4 Å². The van der Waals surface area contributed by atoms with E-state index in [1.54, 1.807) is 6.08 Å². The Kier molecular flexibility index (Phi) is 8.25. The number of carbonyl (C=O) groups is 4. The fourth-order valence-electron chi connectivity index (χ4n) is 5.18. The number of hydrogen-bond donors (Lipinski definition) is 3. The monoisotopic (exact) mass is 557 g/mol. The van der Waals surface area contributed by atoms with Crippen molar-refractivity contribution in [1.82, 2.24) is 14.9 Å². The molecule has 1 saturated carbocycles. The third-order valence-electron chi connectivity index (χ3n) is 7.34. The molecule has 1 aliphatic carbocycles. The molecule has 0 spiro atoms.